The van der Waals surface area contributed by atoms with Crippen molar-refractivity contribution in [2.75, 3.05) is 9.44 Å². The third-order valence-electron chi connectivity index (χ3n) is 7.68. The van der Waals surface area contributed by atoms with Gasteiger partial charge in [-0.2, -0.15) is 10.2 Å². The molecule has 0 aliphatic carbocycles. The van der Waals surface area contributed by atoms with Crippen molar-refractivity contribution < 1.29 is 16.8 Å². The number of hydrogen-bond acceptors (Lipinski definition) is 14. The Hall–Kier alpha value is -4.63. The van der Waals surface area contributed by atoms with Crippen molar-refractivity contribution in [2.45, 2.75) is 9.79 Å². The molecule has 0 fully saturated rings. The van der Waals surface area contributed by atoms with Crippen LogP contribution in [-0.2, 0) is 20.0 Å². The molecule has 8 rings (SSSR count). The Kier molecular flexibility index (Phi) is 15.3. The Morgan fingerprint density at radius 3 is 1.58 bits per heavy atom. The van der Waals surface area contributed by atoms with Crippen LogP contribution in [0, 0.1) is 0 Å². The van der Waals surface area contributed by atoms with E-state index in [1.807, 2.05) is 0 Å². The van der Waals surface area contributed by atoms with Crippen molar-refractivity contribution in [1.29, 1.82) is 0 Å². The number of anilines is 2. The Bertz CT molecular complexity index is 3120. The summed E-state index contributed by atoms with van der Waals surface area (Å²) in [7, 11) is -3.72. The SMILES string of the molecule is O=S(=O)(Nc1cc(Cl)cnc1-c1nncn1-c1[nH]ncc1Br)c1ccc(Cl)c(Cl)c1.O=S(=O)(Nc1cc(Cl)cnc1-c1nncn1-c1ccn[nH]1)c1ccc(Cl)c(Cl)c1.[B]=NS. The molecule has 4 N–H and O–H groups in total. The molecule has 0 unspecified atom stereocenters. The van der Waals surface area contributed by atoms with Crippen LogP contribution in [0.2, 0.25) is 30.1 Å². The van der Waals surface area contributed by atoms with Crippen LogP contribution in [0.25, 0.3) is 34.7 Å². The zero-order valence-corrected chi connectivity index (χ0v) is 38.8. The van der Waals surface area contributed by atoms with E-state index in [2.05, 4.69) is 101 Å². The van der Waals surface area contributed by atoms with Gasteiger partial charge in [0, 0.05) is 18.5 Å². The van der Waals surface area contributed by atoms with E-state index < -0.39 is 20.0 Å². The van der Waals surface area contributed by atoms with Crippen LogP contribution >= 0.6 is 98.4 Å². The van der Waals surface area contributed by atoms with Gasteiger partial charge in [-0.25, -0.2) is 26.8 Å². The molecule has 0 bridgehead atoms. The van der Waals surface area contributed by atoms with Crippen molar-refractivity contribution in [1.82, 2.24) is 59.9 Å². The number of benzene rings is 2. The number of nitrogens with one attached hydrogen (secondary N) is 4. The zero-order valence-electron chi connectivity index (χ0n) is 30.2. The summed E-state index contributed by atoms with van der Waals surface area (Å²) in [6.45, 7) is 0. The average Bonchev–Trinajstić information content (AvgIpc) is 4.06. The van der Waals surface area contributed by atoms with Crippen molar-refractivity contribution in [3.05, 3.63) is 127 Å². The predicted molar refractivity (Wildman–Crippen MR) is 243 cm³/mol. The standard InChI is InChI=1S/C16H9BrCl3N7O2S.C16H10Cl3N7O2S.BHNS/c17-10-6-22-24-15(10)27-7-23-25-16(27)14-13(3-8(18)5-21-14)26-30(28,29)9-1-2-11(19)12(20)4-9;17-9-5-13(25-29(27,28)10-1-2-11(18)12(19)6-10)15(20-7-9)16-24-22-8-26(16)14-3-4-21-23-14;1-2-3/h1-7,26H,(H,22,24);1-8,25H,(H,21,23);3H. The van der Waals surface area contributed by atoms with E-state index in [1.165, 1.54) is 73.6 Å². The van der Waals surface area contributed by atoms with Gasteiger partial charge in [-0.3, -0.25) is 28.8 Å². The number of H-pyrrole nitrogens is 2. The number of halogens is 7. The summed E-state index contributed by atoms with van der Waals surface area (Å²) >= 11 is 42.3. The molecule has 0 spiro atoms. The van der Waals surface area contributed by atoms with Gasteiger partial charge in [-0.05, 0) is 64.5 Å². The number of rotatable bonds is 10. The van der Waals surface area contributed by atoms with E-state index in [0.29, 0.717) is 16.1 Å². The third-order valence-corrected chi connectivity index (χ3v) is 12.9. The van der Waals surface area contributed by atoms with E-state index in [4.69, 9.17) is 69.6 Å². The van der Waals surface area contributed by atoms with Crippen LogP contribution in [0.4, 0.5) is 11.4 Å². The molecule has 1 radical (unpaired) electrons. The van der Waals surface area contributed by atoms with Gasteiger partial charge in [0.1, 0.15) is 35.7 Å². The molecule has 0 aliphatic heterocycles. The normalized spacial score (nSPS) is 11.2. The van der Waals surface area contributed by atoms with Crippen molar-refractivity contribution in [3.63, 3.8) is 0 Å². The Labute approximate surface area is 395 Å². The first-order valence-corrected chi connectivity index (χ1v) is 22.8. The van der Waals surface area contributed by atoms with Crippen LogP contribution in [0.3, 0.4) is 0 Å². The van der Waals surface area contributed by atoms with Gasteiger partial charge in [-0.15, -0.1) is 20.4 Å². The molecule has 0 saturated heterocycles. The molecule has 8 aromatic rings. The van der Waals surface area contributed by atoms with Gasteiger partial charge in [-0.1, -0.05) is 69.6 Å². The molecule has 0 saturated carbocycles. The Morgan fingerprint density at radius 1 is 0.661 bits per heavy atom. The van der Waals surface area contributed by atoms with E-state index in [-0.39, 0.29) is 74.3 Å². The molecule has 62 heavy (non-hydrogen) atoms. The second-order valence-electron chi connectivity index (χ2n) is 11.6. The number of nitrogens with zero attached hydrogens (tertiary/aromatic N) is 11. The molecular weight excluding hydrogens is 1060 g/mol. The van der Waals surface area contributed by atoms with Gasteiger partial charge in [0.05, 0.1) is 68.2 Å². The Balaban J connectivity index is 0.000000195. The van der Waals surface area contributed by atoms with E-state index in [9.17, 15) is 16.8 Å². The van der Waals surface area contributed by atoms with Gasteiger partial charge in [0.15, 0.2) is 11.6 Å². The maximum absolute atomic E-state index is 12.9. The van der Waals surface area contributed by atoms with E-state index in [0.717, 1.165) is 0 Å². The fraction of sp³-hybridized carbons (Fsp3) is 0. The maximum atomic E-state index is 12.9. The van der Waals surface area contributed by atoms with Gasteiger partial charge < -0.3 is 0 Å². The summed E-state index contributed by atoms with van der Waals surface area (Å²) in [4.78, 5) is 8.33. The second-order valence-corrected chi connectivity index (χ2v) is 18.6. The fourth-order valence-electron chi connectivity index (χ4n) is 5.04. The molecule has 30 heteroatoms. The predicted octanol–water partition coefficient (Wildman–Crippen LogP) is 8.57. The van der Waals surface area contributed by atoms with Crippen LogP contribution in [0.5, 0.6) is 0 Å². The third kappa shape index (κ3) is 10.9. The first kappa shape index (κ1) is 46.9. The molecule has 0 aliphatic rings. The van der Waals surface area contributed by atoms with Crippen LogP contribution in [-0.4, -0.2) is 84.4 Å². The number of sulfonamides is 2. The van der Waals surface area contributed by atoms with Crippen LogP contribution in [0.15, 0.2) is 111 Å². The first-order chi connectivity index (χ1) is 29.5. The molecule has 317 valence electrons. The number of thiol groups is 1. The van der Waals surface area contributed by atoms with Crippen molar-refractivity contribution in [2.24, 2.45) is 4.30 Å². The summed E-state index contributed by atoms with van der Waals surface area (Å²) in [6.07, 6.45) is 8.73. The van der Waals surface area contributed by atoms with E-state index in [1.54, 1.807) is 27.6 Å². The van der Waals surface area contributed by atoms with Gasteiger partial charge in [0.2, 0.25) is 0 Å². The van der Waals surface area contributed by atoms with E-state index >= 15 is 0 Å². The summed E-state index contributed by atoms with van der Waals surface area (Å²) in [5.74, 6) is 1.63. The molecule has 2 aromatic carbocycles. The summed E-state index contributed by atoms with van der Waals surface area (Å²) in [6, 6.07) is 12.5. The molecule has 0 amide bonds. The Morgan fingerprint density at radius 2 is 1.15 bits per heavy atom. The quantitative estimate of drug-likeness (QED) is 0.0638. The molecule has 6 aromatic heterocycles. The average molecular weight is 1080 g/mol. The minimum absolute atomic E-state index is 0.0761. The number of hydrogen-bond donors (Lipinski definition) is 5. The van der Waals surface area contributed by atoms with Gasteiger partial charge >= 0.3 is 24.8 Å². The molecule has 6 heterocycles. The number of aromatic nitrogens is 12. The topological polar surface area (TPSA) is 249 Å². The van der Waals surface area contributed by atoms with Gasteiger partial charge in [0.25, 0.3) is 20.0 Å². The van der Waals surface area contributed by atoms with Crippen molar-refractivity contribution >= 4 is 137 Å². The first-order valence-electron chi connectivity index (χ1n) is 16.3. The van der Waals surface area contributed by atoms with Crippen LogP contribution in [0.1, 0.15) is 0 Å². The summed E-state index contributed by atoms with van der Waals surface area (Å²) in [5, 5.41) is 30.4. The molecular formula is C32H20BBrCl6N15O4S3. The number of aromatic amines is 2. The molecule has 0 atom stereocenters. The monoisotopic (exact) mass is 1070 g/mol. The fourth-order valence-corrected chi connectivity index (χ4v) is 8.62. The summed E-state index contributed by atoms with van der Waals surface area (Å²) in [5.41, 5.74) is 0.614. The zero-order chi connectivity index (χ0) is 44.8. The number of pyridine rings is 2. The minimum atomic E-state index is -4.04. The molecule has 19 nitrogen and oxygen atoms in total. The van der Waals surface area contributed by atoms with Crippen LogP contribution < -0.4 is 9.44 Å². The van der Waals surface area contributed by atoms with Crippen molar-refractivity contribution in [3.8, 4) is 34.7 Å². The second kappa shape index (κ2) is 20.3. The summed E-state index contributed by atoms with van der Waals surface area (Å²) < 4.78 is 63.0.